The van der Waals surface area contributed by atoms with Crippen LogP contribution in [0, 0.1) is 11.3 Å². The Morgan fingerprint density at radius 2 is 1.35 bits per heavy atom. The van der Waals surface area contributed by atoms with Gasteiger partial charge in [0, 0.05) is 11.1 Å². The Hall–Kier alpha value is -3.33. The van der Waals surface area contributed by atoms with Gasteiger partial charge >= 0.3 is 5.97 Å². The van der Waals surface area contributed by atoms with Gasteiger partial charge in [0.05, 0.1) is 12.5 Å². The van der Waals surface area contributed by atoms with Gasteiger partial charge in [-0.05, 0) is 52.4 Å². The average molecular weight is 411 g/mol. The summed E-state index contributed by atoms with van der Waals surface area (Å²) >= 11 is 0. The Bertz CT molecular complexity index is 1300. The molecule has 4 aromatic rings. The van der Waals surface area contributed by atoms with Crippen LogP contribution in [0.1, 0.15) is 27.2 Å². The highest BCUT2D eigenvalue weighted by molar-refractivity contribution is 6.10. The van der Waals surface area contributed by atoms with Crippen LogP contribution >= 0.6 is 0 Å². The minimum atomic E-state index is -0.153. The van der Waals surface area contributed by atoms with Gasteiger partial charge in [-0.2, -0.15) is 0 Å². The SMILES string of the molecule is CCOc1ccc2ccccc2c1-c1c(OC(=O)[C@@H]2CC2(C)C)ccc2ccccc12. The minimum Gasteiger partial charge on any atom is -0.493 e. The van der Waals surface area contributed by atoms with Crippen LogP contribution in [-0.4, -0.2) is 12.6 Å². The molecule has 0 heterocycles. The lowest BCUT2D eigenvalue weighted by molar-refractivity contribution is -0.136. The molecule has 3 nitrogen and oxygen atoms in total. The molecule has 31 heavy (non-hydrogen) atoms. The predicted octanol–water partition coefficient (Wildman–Crippen LogP) is 7.01. The number of hydrogen-bond donors (Lipinski definition) is 0. The zero-order valence-corrected chi connectivity index (χ0v) is 18.1. The standard InChI is InChI=1S/C28H26O3/c1-4-30-23-15-13-18-9-5-7-11-20(18)25(23)26-21-12-8-6-10-19(21)14-16-24(26)31-27(29)22-17-28(22,2)3/h5-16,22H,4,17H2,1-3H3/t22-/m0/s1. The fourth-order valence-electron chi connectivity index (χ4n) is 4.43. The average Bonchev–Trinajstić information content (AvgIpc) is 3.42. The van der Waals surface area contributed by atoms with Gasteiger partial charge in [0.2, 0.25) is 0 Å². The van der Waals surface area contributed by atoms with Gasteiger partial charge in [0.25, 0.3) is 0 Å². The molecule has 156 valence electrons. The molecule has 1 atom stereocenters. The topological polar surface area (TPSA) is 35.5 Å². The molecular formula is C28H26O3. The molecule has 0 N–H and O–H groups in total. The van der Waals surface area contributed by atoms with Crippen molar-refractivity contribution in [3.8, 4) is 22.6 Å². The first-order valence-electron chi connectivity index (χ1n) is 10.9. The van der Waals surface area contributed by atoms with E-state index in [1.165, 1.54) is 0 Å². The number of esters is 1. The van der Waals surface area contributed by atoms with Crippen molar-refractivity contribution in [3.05, 3.63) is 72.8 Å². The number of hydrogen-bond acceptors (Lipinski definition) is 3. The van der Waals surface area contributed by atoms with Gasteiger partial charge in [-0.25, -0.2) is 0 Å². The molecule has 0 saturated heterocycles. The molecule has 1 aliphatic carbocycles. The lowest BCUT2D eigenvalue weighted by Gasteiger charge is -2.19. The zero-order valence-electron chi connectivity index (χ0n) is 18.1. The second kappa shape index (κ2) is 7.42. The second-order valence-corrected chi connectivity index (χ2v) is 8.92. The molecule has 0 radical (unpaired) electrons. The number of fused-ring (bicyclic) bond motifs is 2. The van der Waals surface area contributed by atoms with Crippen LogP contribution in [0.15, 0.2) is 72.8 Å². The van der Waals surface area contributed by atoms with Crippen LogP contribution < -0.4 is 9.47 Å². The monoisotopic (exact) mass is 410 g/mol. The van der Waals surface area contributed by atoms with Crippen molar-refractivity contribution in [1.29, 1.82) is 0 Å². The van der Waals surface area contributed by atoms with Crippen molar-refractivity contribution in [2.75, 3.05) is 6.61 Å². The van der Waals surface area contributed by atoms with Crippen LogP contribution in [0.3, 0.4) is 0 Å². The summed E-state index contributed by atoms with van der Waals surface area (Å²) in [4.78, 5) is 12.9. The van der Waals surface area contributed by atoms with E-state index in [0.29, 0.717) is 12.4 Å². The second-order valence-electron chi connectivity index (χ2n) is 8.92. The van der Waals surface area contributed by atoms with Crippen molar-refractivity contribution >= 4 is 27.5 Å². The van der Waals surface area contributed by atoms with Crippen molar-refractivity contribution in [2.24, 2.45) is 11.3 Å². The highest BCUT2D eigenvalue weighted by atomic mass is 16.5. The quantitative estimate of drug-likeness (QED) is 0.262. The maximum Gasteiger partial charge on any atom is 0.314 e. The number of benzene rings is 4. The molecule has 0 amide bonds. The molecular weight excluding hydrogens is 384 g/mol. The molecule has 4 aromatic carbocycles. The minimum absolute atomic E-state index is 0.0179. The maximum atomic E-state index is 12.9. The summed E-state index contributed by atoms with van der Waals surface area (Å²) in [6.07, 6.45) is 0.868. The Kier molecular flexibility index (Phi) is 4.70. The molecule has 1 fully saturated rings. The van der Waals surface area contributed by atoms with Gasteiger partial charge in [-0.15, -0.1) is 0 Å². The molecule has 0 aliphatic heterocycles. The van der Waals surface area contributed by atoms with Crippen LogP contribution in [0.5, 0.6) is 11.5 Å². The Morgan fingerprint density at radius 1 is 0.839 bits per heavy atom. The molecule has 3 heteroatoms. The maximum absolute atomic E-state index is 12.9. The van der Waals surface area contributed by atoms with Crippen LogP contribution in [-0.2, 0) is 4.79 Å². The number of ether oxygens (including phenoxy) is 2. The molecule has 5 rings (SSSR count). The van der Waals surface area contributed by atoms with E-state index < -0.39 is 0 Å². The summed E-state index contributed by atoms with van der Waals surface area (Å²) in [5.41, 5.74) is 1.89. The Morgan fingerprint density at radius 3 is 1.90 bits per heavy atom. The van der Waals surface area contributed by atoms with Gasteiger partial charge in [-0.1, -0.05) is 74.5 Å². The van der Waals surface area contributed by atoms with Gasteiger partial charge < -0.3 is 9.47 Å². The highest BCUT2D eigenvalue weighted by Gasteiger charge is 2.52. The fourth-order valence-corrected chi connectivity index (χ4v) is 4.43. The third-order valence-corrected chi connectivity index (χ3v) is 6.34. The van der Waals surface area contributed by atoms with Crippen LogP contribution in [0.25, 0.3) is 32.7 Å². The van der Waals surface area contributed by atoms with Crippen LogP contribution in [0.4, 0.5) is 0 Å². The molecule has 1 saturated carbocycles. The summed E-state index contributed by atoms with van der Waals surface area (Å²) in [6, 6.07) is 24.5. The van der Waals surface area contributed by atoms with Gasteiger partial charge in [0.1, 0.15) is 11.5 Å². The largest absolute Gasteiger partial charge is 0.493 e. The van der Waals surface area contributed by atoms with E-state index >= 15 is 0 Å². The smallest absolute Gasteiger partial charge is 0.314 e. The summed E-state index contributed by atoms with van der Waals surface area (Å²) < 4.78 is 12.1. The first-order chi connectivity index (χ1) is 15.0. The summed E-state index contributed by atoms with van der Waals surface area (Å²) in [5.74, 6) is 1.18. The van der Waals surface area contributed by atoms with E-state index in [4.69, 9.17) is 9.47 Å². The van der Waals surface area contributed by atoms with Crippen molar-refractivity contribution in [3.63, 3.8) is 0 Å². The number of carbonyl (C=O) groups excluding carboxylic acids is 1. The lowest BCUT2D eigenvalue weighted by Crippen LogP contribution is -2.14. The van der Waals surface area contributed by atoms with Crippen molar-refractivity contribution in [1.82, 2.24) is 0 Å². The fraction of sp³-hybridized carbons (Fsp3) is 0.250. The van der Waals surface area contributed by atoms with E-state index in [1.54, 1.807) is 0 Å². The Balaban J connectivity index is 1.78. The molecule has 0 aromatic heterocycles. The number of carbonyl (C=O) groups is 1. The third kappa shape index (κ3) is 3.44. The van der Waals surface area contributed by atoms with E-state index in [1.807, 2.05) is 49.4 Å². The van der Waals surface area contributed by atoms with E-state index in [0.717, 1.165) is 44.8 Å². The highest BCUT2D eigenvalue weighted by Crippen LogP contribution is 2.53. The Labute approximate surface area is 182 Å². The van der Waals surface area contributed by atoms with E-state index in [2.05, 4.69) is 44.2 Å². The van der Waals surface area contributed by atoms with Crippen molar-refractivity contribution < 1.29 is 14.3 Å². The summed E-state index contributed by atoms with van der Waals surface area (Å²) in [5, 5.41) is 4.34. The summed E-state index contributed by atoms with van der Waals surface area (Å²) in [7, 11) is 0. The molecule has 1 aliphatic rings. The number of rotatable bonds is 5. The lowest BCUT2D eigenvalue weighted by atomic mass is 9.92. The van der Waals surface area contributed by atoms with Gasteiger partial charge in [0.15, 0.2) is 0 Å². The summed E-state index contributed by atoms with van der Waals surface area (Å²) in [6.45, 7) is 6.76. The first-order valence-corrected chi connectivity index (χ1v) is 10.9. The van der Waals surface area contributed by atoms with E-state index in [9.17, 15) is 4.79 Å². The third-order valence-electron chi connectivity index (χ3n) is 6.34. The van der Waals surface area contributed by atoms with Gasteiger partial charge in [-0.3, -0.25) is 4.79 Å². The first kappa shape index (κ1) is 19.6. The predicted molar refractivity (Wildman–Crippen MR) is 126 cm³/mol. The molecule has 0 bridgehead atoms. The molecule has 0 unspecified atom stereocenters. The molecule has 0 spiro atoms. The zero-order chi connectivity index (χ0) is 21.6. The van der Waals surface area contributed by atoms with E-state index in [-0.39, 0.29) is 17.3 Å². The normalized spacial score (nSPS) is 16.9. The van der Waals surface area contributed by atoms with Crippen LogP contribution in [0.2, 0.25) is 0 Å². The van der Waals surface area contributed by atoms with Crippen molar-refractivity contribution in [2.45, 2.75) is 27.2 Å².